The summed E-state index contributed by atoms with van der Waals surface area (Å²) in [4.78, 5) is 36.4. The summed E-state index contributed by atoms with van der Waals surface area (Å²) >= 11 is -1.44. The van der Waals surface area contributed by atoms with Gasteiger partial charge in [0.1, 0.15) is 16.7 Å². The number of aldehydes is 1. The molecule has 0 fully saturated rings. The molecule has 6 aromatic rings. The Morgan fingerprint density at radius 3 is 1.60 bits per heavy atom. The Kier molecular flexibility index (Phi) is 10.7. The number of hydrogen-bond donors (Lipinski definition) is 1. The summed E-state index contributed by atoms with van der Waals surface area (Å²) in [6, 6.07) is 22.3. The fraction of sp³-hybridized carbons (Fsp3) is 0.129. The van der Waals surface area contributed by atoms with E-state index in [1.165, 1.54) is 4.57 Å². The van der Waals surface area contributed by atoms with Crippen molar-refractivity contribution in [2.45, 2.75) is 27.9 Å². The summed E-state index contributed by atoms with van der Waals surface area (Å²) in [5.74, 6) is 0. The number of benzene rings is 2. The van der Waals surface area contributed by atoms with E-state index >= 15 is 0 Å². The summed E-state index contributed by atoms with van der Waals surface area (Å²) in [6.07, 6.45) is 7.78. The number of hydrogen-bond acceptors (Lipinski definition) is 6. The molecule has 0 atom stereocenters. The SMILES string of the molecule is C.Cc1ccn2cc(C=O)n(-c3ccccc3)c(=O)c12.Cc1ccn2cc(CO)n(-c3ccccc3)c(=O)c12.[O]=[Mn]=[O]. The summed E-state index contributed by atoms with van der Waals surface area (Å²) in [5, 5.41) is 9.50. The van der Waals surface area contributed by atoms with Crippen LogP contribution in [0.3, 0.4) is 0 Å². The van der Waals surface area contributed by atoms with Crippen molar-refractivity contribution in [3.05, 3.63) is 141 Å². The van der Waals surface area contributed by atoms with Gasteiger partial charge in [0.05, 0.1) is 12.3 Å². The first-order chi connectivity index (χ1) is 19.9. The third-order valence-corrected chi connectivity index (χ3v) is 6.46. The Morgan fingerprint density at radius 2 is 1.14 bits per heavy atom. The number of aromatic nitrogens is 4. The van der Waals surface area contributed by atoms with Crippen LogP contribution in [-0.2, 0) is 29.1 Å². The Morgan fingerprint density at radius 1 is 0.714 bits per heavy atom. The van der Waals surface area contributed by atoms with Crippen molar-refractivity contribution in [1.29, 1.82) is 0 Å². The number of aryl methyl sites for hydroxylation is 2. The van der Waals surface area contributed by atoms with Crippen molar-refractivity contribution in [2.24, 2.45) is 0 Å². The topological polar surface area (TPSA) is 124 Å². The van der Waals surface area contributed by atoms with Gasteiger partial charge in [-0.15, -0.1) is 0 Å². The molecule has 217 valence electrons. The van der Waals surface area contributed by atoms with E-state index in [0.717, 1.165) is 16.8 Å². The fourth-order valence-electron chi connectivity index (χ4n) is 4.65. The number of rotatable bonds is 4. The predicted molar refractivity (Wildman–Crippen MR) is 155 cm³/mol. The quantitative estimate of drug-likeness (QED) is 0.232. The monoisotopic (exact) mass is 609 g/mol. The standard InChI is InChI=1S/C15H14N2O2.C15H12N2O2.CH4.Mn.2O/c2*1-11-7-8-16-9-13(10-18)17(15(19)14(11)16)12-5-3-2-4-6-12;;;;/h2-9,18H,10H2,1H3;2-10H,1H3;1H4;;;. The summed E-state index contributed by atoms with van der Waals surface area (Å²) < 4.78 is 23.3. The zero-order valence-corrected chi connectivity index (χ0v) is 23.4. The van der Waals surface area contributed by atoms with Crippen LogP contribution in [0.4, 0.5) is 0 Å². The average molecular weight is 610 g/mol. The zero-order valence-electron chi connectivity index (χ0n) is 22.2. The van der Waals surface area contributed by atoms with Gasteiger partial charge in [0.2, 0.25) is 0 Å². The number of para-hydroxylation sites is 2. The van der Waals surface area contributed by atoms with Gasteiger partial charge >= 0.3 is 22.5 Å². The molecule has 0 aliphatic rings. The second-order valence-electron chi connectivity index (χ2n) is 8.97. The predicted octanol–water partition coefficient (Wildman–Crippen LogP) is 4.50. The second kappa shape index (κ2) is 14.2. The molecule has 0 saturated heterocycles. The van der Waals surface area contributed by atoms with Gasteiger partial charge in [-0.1, -0.05) is 43.8 Å². The van der Waals surface area contributed by atoms with Crippen LogP contribution in [0.2, 0.25) is 0 Å². The van der Waals surface area contributed by atoms with Crippen LogP contribution in [0.1, 0.15) is 34.7 Å². The molecule has 1 N–H and O–H groups in total. The van der Waals surface area contributed by atoms with Crippen LogP contribution >= 0.6 is 0 Å². The van der Waals surface area contributed by atoms with E-state index in [1.54, 1.807) is 32.0 Å². The van der Waals surface area contributed by atoms with Gasteiger partial charge in [-0.2, -0.15) is 0 Å². The first kappa shape index (κ1) is 31.7. The molecule has 0 amide bonds. The van der Waals surface area contributed by atoms with Crippen molar-refractivity contribution in [1.82, 2.24) is 17.9 Å². The fourth-order valence-corrected chi connectivity index (χ4v) is 4.65. The van der Waals surface area contributed by atoms with Crippen molar-refractivity contribution >= 4 is 17.3 Å². The molecule has 6 rings (SSSR count). The third-order valence-electron chi connectivity index (χ3n) is 6.46. The van der Waals surface area contributed by atoms with Crippen molar-refractivity contribution in [3.63, 3.8) is 0 Å². The molecule has 0 bridgehead atoms. The number of aliphatic hydroxyl groups is 1. The van der Waals surface area contributed by atoms with Crippen molar-refractivity contribution < 1.29 is 32.4 Å². The molecule has 0 radical (unpaired) electrons. The van der Waals surface area contributed by atoms with Gasteiger partial charge in [-0.05, 0) is 61.4 Å². The zero-order chi connectivity index (χ0) is 29.5. The number of carbonyl (C=O) groups excluding carboxylic acids is 1. The molecule has 11 heteroatoms. The van der Waals surface area contributed by atoms with Gasteiger partial charge in [0, 0.05) is 36.2 Å². The van der Waals surface area contributed by atoms with Crippen LogP contribution in [0, 0.1) is 13.8 Å². The molecule has 42 heavy (non-hydrogen) atoms. The number of carbonyl (C=O) groups is 1. The molecule has 2 aromatic carbocycles. The molecule has 10 nitrogen and oxygen atoms in total. The first-order valence-corrected chi connectivity index (χ1v) is 13.3. The van der Waals surface area contributed by atoms with E-state index in [0.29, 0.717) is 34.4 Å². The molecule has 0 aliphatic carbocycles. The molecule has 0 unspecified atom stereocenters. The number of nitrogens with zero attached hydrogens (tertiary/aromatic N) is 4. The molecule has 4 heterocycles. The summed E-state index contributed by atoms with van der Waals surface area (Å²) in [5.41, 5.74) is 5.12. The molecule has 0 saturated carbocycles. The minimum absolute atomic E-state index is 0. The van der Waals surface area contributed by atoms with Gasteiger partial charge in [-0.25, -0.2) is 0 Å². The van der Waals surface area contributed by atoms with E-state index in [1.807, 2.05) is 92.8 Å². The van der Waals surface area contributed by atoms with Gasteiger partial charge in [0.25, 0.3) is 11.1 Å². The van der Waals surface area contributed by atoms with Crippen molar-refractivity contribution in [3.8, 4) is 11.4 Å². The summed E-state index contributed by atoms with van der Waals surface area (Å²) in [6.45, 7) is 3.61. The van der Waals surface area contributed by atoms with E-state index in [-0.39, 0.29) is 25.2 Å². The summed E-state index contributed by atoms with van der Waals surface area (Å²) in [7, 11) is 0. The number of fused-ring (bicyclic) bond motifs is 2. The average Bonchev–Trinajstić information content (AvgIpc) is 3.56. The van der Waals surface area contributed by atoms with Crippen LogP contribution < -0.4 is 11.1 Å². The van der Waals surface area contributed by atoms with Gasteiger partial charge < -0.3 is 13.9 Å². The third kappa shape index (κ3) is 6.23. The number of aliphatic hydroxyl groups excluding tert-OH is 1. The van der Waals surface area contributed by atoms with E-state index in [4.69, 9.17) is 7.67 Å². The Balaban J connectivity index is 0.000000207. The molecular formula is C31H30MnN4O6. The molecule has 4 aromatic heterocycles. The van der Waals surface area contributed by atoms with Gasteiger partial charge in [-0.3, -0.25) is 23.5 Å². The Hall–Kier alpha value is -4.83. The normalized spacial score (nSPS) is 10.2. The van der Waals surface area contributed by atoms with E-state index in [9.17, 15) is 19.5 Å². The van der Waals surface area contributed by atoms with E-state index < -0.39 is 14.8 Å². The first-order valence-electron chi connectivity index (χ1n) is 12.4. The molecule has 0 aliphatic heterocycles. The van der Waals surface area contributed by atoms with Gasteiger partial charge in [0.15, 0.2) is 6.29 Å². The van der Waals surface area contributed by atoms with Crippen LogP contribution in [0.5, 0.6) is 0 Å². The van der Waals surface area contributed by atoms with Crippen LogP contribution in [0.15, 0.2) is 107 Å². The second-order valence-corrected chi connectivity index (χ2v) is 9.17. The van der Waals surface area contributed by atoms with Crippen LogP contribution in [-0.4, -0.2) is 29.3 Å². The maximum absolute atomic E-state index is 12.6. The molecule has 0 spiro atoms. The van der Waals surface area contributed by atoms with Crippen LogP contribution in [0.25, 0.3) is 22.4 Å². The molecular weight excluding hydrogens is 579 g/mol. The van der Waals surface area contributed by atoms with Crippen molar-refractivity contribution in [2.75, 3.05) is 0 Å². The minimum atomic E-state index is -1.44. The maximum atomic E-state index is 12.6. The Labute approximate surface area is 247 Å². The Bertz CT molecular complexity index is 1980. The van der Waals surface area contributed by atoms with E-state index in [2.05, 4.69) is 0 Å².